The first-order valence-electron chi connectivity index (χ1n) is 6.13. The summed E-state index contributed by atoms with van der Waals surface area (Å²) in [6, 6.07) is 4.08. The Labute approximate surface area is 121 Å². The van der Waals surface area contributed by atoms with Gasteiger partial charge >= 0.3 is 0 Å². The number of hydrogen-bond acceptors (Lipinski definition) is 5. The second-order valence-electron chi connectivity index (χ2n) is 4.07. The Balaban J connectivity index is 2.16. The molecular weight excluding hydrogens is 306 g/mol. The highest BCUT2D eigenvalue weighted by Crippen LogP contribution is 2.24. The minimum absolute atomic E-state index is 0.120. The fourth-order valence-corrected chi connectivity index (χ4v) is 1.94. The third-order valence-electron chi connectivity index (χ3n) is 2.62. The smallest absolute Gasteiger partial charge is 0.224 e. The number of aromatic nitrogens is 3. The van der Waals surface area contributed by atoms with Crippen LogP contribution >= 0.6 is 15.9 Å². The zero-order valence-electron chi connectivity index (χ0n) is 10.9. The standard InChI is InChI=1S/C13H16BrN5/c1-3-16-13-17-8-11(14)12(19-13)18-9(2)10-5-4-6-15-7-10/h4-9H,3H2,1-2H3,(H2,16,17,18,19). The van der Waals surface area contributed by atoms with Gasteiger partial charge in [0.2, 0.25) is 5.95 Å². The Morgan fingerprint density at radius 2 is 2.21 bits per heavy atom. The van der Waals surface area contributed by atoms with Crippen molar-refractivity contribution in [2.75, 3.05) is 17.2 Å². The van der Waals surface area contributed by atoms with E-state index in [0.29, 0.717) is 5.95 Å². The molecule has 0 aliphatic heterocycles. The van der Waals surface area contributed by atoms with Gasteiger partial charge < -0.3 is 10.6 Å². The number of rotatable bonds is 5. The molecular formula is C13H16BrN5. The predicted molar refractivity (Wildman–Crippen MR) is 80.2 cm³/mol. The van der Waals surface area contributed by atoms with Gasteiger partial charge in [-0.3, -0.25) is 4.98 Å². The minimum Gasteiger partial charge on any atom is -0.362 e. The molecule has 2 aromatic rings. The van der Waals surface area contributed by atoms with Gasteiger partial charge in [0.25, 0.3) is 0 Å². The van der Waals surface area contributed by atoms with Crippen molar-refractivity contribution in [2.24, 2.45) is 0 Å². The van der Waals surface area contributed by atoms with E-state index in [1.165, 1.54) is 0 Å². The van der Waals surface area contributed by atoms with Crippen molar-refractivity contribution >= 4 is 27.7 Å². The predicted octanol–water partition coefficient (Wildman–Crippen LogP) is 3.24. The Morgan fingerprint density at radius 1 is 1.37 bits per heavy atom. The molecule has 6 heteroatoms. The average Bonchev–Trinajstić information content (AvgIpc) is 2.44. The van der Waals surface area contributed by atoms with Crippen molar-refractivity contribution in [3.05, 3.63) is 40.8 Å². The molecule has 0 radical (unpaired) electrons. The molecule has 1 unspecified atom stereocenters. The maximum atomic E-state index is 4.43. The molecule has 0 fully saturated rings. The van der Waals surface area contributed by atoms with E-state index >= 15 is 0 Å². The molecule has 2 heterocycles. The molecule has 0 aromatic carbocycles. The molecule has 0 aliphatic rings. The molecule has 0 saturated carbocycles. The first kappa shape index (κ1) is 13.7. The van der Waals surface area contributed by atoms with Gasteiger partial charge in [0.15, 0.2) is 0 Å². The van der Waals surface area contributed by atoms with E-state index in [2.05, 4.69) is 48.4 Å². The molecule has 1 atom stereocenters. The molecule has 2 rings (SSSR count). The number of hydrogen-bond donors (Lipinski definition) is 2. The number of halogens is 1. The molecule has 100 valence electrons. The lowest BCUT2D eigenvalue weighted by Crippen LogP contribution is -2.11. The Bertz CT molecular complexity index is 532. The van der Waals surface area contributed by atoms with Crippen LogP contribution in [0.1, 0.15) is 25.5 Å². The van der Waals surface area contributed by atoms with E-state index in [0.717, 1.165) is 22.4 Å². The summed E-state index contributed by atoms with van der Waals surface area (Å²) in [6.45, 7) is 4.87. The van der Waals surface area contributed by atoms with E-state index in [1.54, 1.807) is 12.4 Å². The van der Waals surface area contributed by atoms with Crippen LogP contribution in [0.4, 0.5) is 11.8 Å². The topological polar surface area (TPSA) is 62.7 Å². The molecule has 0 bridgehead atoms. The van der Waals surface area contributed by atoms with Crippen LogP contribution in [0.15, 0.2) is 35.2 Å². The molecule has 0 saturated heterocycles. The third kappa shape index (κ3) is 3.64. The zero-order valence-corrected chi connectivity index (χ0v) is 12.5. The van der Waals surface area contributed by atoms with E-state index < -0.39 is 0 Å². The summed E-state index contributed by atoms with van der Waals surface area (Å²) >= 11 is 3.45. The van der Waals surface area contributed by atoms with Crippen molar-refractivity contribution in [1.82, 2.24) is 15.0 Å². The lowest BCUT2D eigenvalue weighted by molar-refractivity contribution is 0.861. The van der Waals surface area contributed by atoms with Crippen LogP contribution in [-0.2, 0) is 0 Å². The SMILES string of the molecule is CCNc1ncc(Br)c(NC(C)c2cccnc2)n1. The summed E-state index contributed by atoms with van der Waals surface area (Å²) in [6.07, 6.45) is 5.35. The first-order valence-corrected chi connectivity index (χ1v) is 6.93. The normalized spacial score (nSPS) is 11.9. The summed E-state index contributed by atoms with van der Waals surface area (Å²) < 4.78 is 0.838. The first-order chi connectivity index (χ1) is 9.20. The minimum atomic E-state index is 0.120. The monoisotopic (exact) mass is 321 g/mol. The van der Waals surface area contributed by atoms with Gasteiger partial charge in [-0.1, -0.05) is 6.07 Å². The second-order valence-corrected chi connectivity index (χ2v) is 4.93. The summed E-state index contributed by atoms with van der Waals surface area (Å²) in [7, 11) is 0. The number of nitrogens with zero attached hydrogens (tertiary/aromatic N) is 3. The molecule has 0 aliphatic carbocycles. The van der Waals surface area contributed by atoms with Crippen LogP contribution in [-0.4, -0.2) is 21.5 Å². The highest BCUT2D eigenvalue weighted by molar-refractivity contribution is 9.10. The van der Waals surface area contributed by atoms with Crippen LogP contribution < -0.4 is 10.6 Å². The van der Waals surface area contributed by atoms with Gasteiger partial charge in [0, 0.05) is 25.1 Å². The lowest BCUT2D eigenvalue weighted by atomic mass is 10.1. The fourth-order valence-electron chi connectivity index (χ4n) is 1.63. The summed E-state index contributed by atoms with van der Waals surface area (Å²) in [5.74, 6) is 1.38. The third-order valence-corrected chi connectivity index (χ3v) is 3.20. The fraction of sp³-hybridized carbons (Fsp3) is 0.308. The molecule has 5 nitrogen and oxygen atoms in total. The van der Waals surface area contributed by atoms with Gasteiger partial charge in [-0.25, -0.2) is 4.98 Å². The van der Waals surface area contributed by atoms with Crippen molar-refractivity contribution in [3.63, 3.8) is 0 Å². The summed E-state index contributed by atoms with van der Waals surface area (Å²) in [5.41, 5.74) is 1.11. The maximum Gasteiger partial charge on any atom is 0.224 e. The van der Waals surface area contributed by atoms with Gasteiger partial charge in [-0.15, -0.1) is 0 Å². The number of nitrogens with one attached hydrogen (secondary N) is 2. The van der Waals surface area contributed by atoms with E-state index in [9.17, 15) is 0 Å². The van der Waals surface area contributed by atoms with Crippen molar-refractivity contribution in [3.8, 4) is 0 Å². The van der Waals surface area contributed by atoms with Crippen molar-refractivity contribution in [1.29, 1.82) is 0 Å². The van der Waals surface area contributed by atoms with E-state index in [1.807, 2.05) is 25.3 Å². The number of pyridine rings is 1. The largest absolute Gasteiger partial charge is 0.362 e. The van der Waals surface area contributed by atoms with Crippen molar-refractivity contribution in [2.45, 2.75) is 19.9 Å². The second kappa shape index (κ2) is 6.47. The van der Waals surface area contributed by atoms with Gasteiger partial charge in [-0.2, -0.15) is 4.98 Å². The average molecular weight is 322 g/mol. The quantitative estimate of drug-likeness (QED) is 0.885. The molecule has 0 spiro atoms. The Hall–Kier alpha value is -1.69. The number of anilines is 2. The lowest BCUT2D eigenvalue weighted by Gasteiger charge is -2.16. The summed E-state index contributed by atoms with van der Waals surface area (Å²) in [4.78, 5) is 12.7. The van der Waals surface area contributed by atoms with Crippen molar-refractivity contribution < 1.29 is 0 Å². The highest BCUT2D eigenvalue weighted by atomic mass is 79.9. The Kier molecular flexibility index (Phi) is 4.68. The molecule has 19 heavy (non-hydrogen) atoms. The molecule has 2 aromatic heterocycles. The van der Waals surface area contributed by atoms with Gasteiger partial charge in [0.1, 0.15) is 5.82 Å². The van der Waals surface area contributed by atoms with E-state index in [-0.39, 0.29) is 6.04 Å². The Morgan fingerprint density at radius 3 is 2.89 bits per heavy atom. The van der Waals surface area contributed by atoms with Crippen LogP contribution in [0.25, 0.3) is 0 Å². The van der Waals surface area contributed by atoms with Crippen LogP contribution in [0.3, 0.4) is 0 Å². The maximum absolute atomic E-state index is 4.43. The van der Waals surface area contributed by atoms with Crippen LogP contribution in [0.2, 0.25) is 0 Å². The molecule has 0 amide bonds. The zero-order chi connectivity index (χ0) is 13.7. The molecule has 2 N–H and O–H groups in total. The van der Waals surface area contributed by atoms with Gasteiger partial charge in [-0.05, 0) is 41.4 Å². The van der Waals surface area contributed by atoms with Crippen LogP contribution in [0, 0.1) is 0 Å². The summed E-state index contributed by atoms with van der Waals surface area (Å²) in [5, 5.41) is 6.44. The van der Waals surface area contributed by atoms with Gasteiger partial charge in [0.05, 0.1) is 10.5 Å². The van der Waals surface area contributed by atoms with Crippen LogP contribution in [0.5, 0.6) is 0 Å². The highest BCUT2D eigenvalue weighted by Gasteiger charge is 2.10. The van der Waals surface area contributed by atoms with E-state index in [4.69, 9.17) is 0 Å².